The standard InChI is InChI=1S/C30H32O8/c1-16-12-19-13-21(32-3)26(33-4)28(34-5)23(19)24-20(14-22-27(29(24)35-6)37-15-36-22)25(17(16)2)38-30(31)18-10-8-7-9-11-18/h7-11,13-14,16-17,25H,12,15H2,1-6H3/t16?,17-,25-/m1/s1. The lowest BCUT2D eigenvalue weighted by Crippen LogP contribution is -2.26. The molecular weight excluding hydrogens is 488 g/mol. The van der Waals surface area contributed by atoms with E-state index in [1.54, 1.807) is 40.6 Å². The number of ether oxygens (including phenoxy) is 7. The van der Waals surface area contributed by atoms with Crippen LogP contribution in [0, 0.1) is 11.8 Å². The molecule has 200 valence electrons. The van der Waals surface area contributed by atoms with Gasteiger partial charge in [-0.05, 0) is 42.2 Å². The van der Waals surface area contributed by atoms with Crippen LogP contribution in [0.5, 0.6) is 34.5 Å². The van der Waals surface area contributed by atoms with E-state index in [9.17, 15) is 4.79 Å². The molecule has 0 spiro atoms. The first-order chi connectivity index (χ1) is 18.4. The van der Waals surface area contributed by atoms with Gasteiger partial charge in [0.05, 0.1) is 34.0 Å². The predicted molar refractivity (Wildman–Crippen MR) is 141 cm³/mol. The Morgan fingerprint density at radius 2 is 1.55 bits per heavy atom. The van der Waals surface area contributed by atoms with Crippen LogP contribution < -0.4 is 28.4 Å². The maximum atomic E-state index is 13.3. The van der Waals surface area contributed by atoms with Crippen molar-refractivity contribution in [1.29, 1.82) is 0 Å². The second-order valence-corrected chi connectivity index (χ2v) is 9.52. The molecule has 0 saturated heterocycles. The molecule has 38 heavy (non-hydrogen) atoms. The van der Waals surface area contributed by atoms with Crippen molar-refractivity contribution < 1.29 is 38.0 Å². The first-order valence-electron chi connectivity index (χ1n) is 12.5. The molecule has 8 heteroatoms. The summed E-state index contributed by atoms with van der Waals surface area (Å²) < 4.78 is 41.2. The third-order valence-corrected chi connectivity index (χ3v) is 7.48. The molecule has 0 amide bonds. The van der Waals surface area contributed by atoms with Gasteiger partial charge in [0.1, 0.15) is 6.10 Å². The zero-order valence-electron chi connectivity index (χ0n) is 22.5. The van der Waals surface area contributed by atoms with Crippen molar-refractivity contribution in [3.63, 3.8) is 0 Å². The zero-order valence-corrected chi connectivity index (χ0v) is 22.5. The number of benzene rings is 3. The maximum absolute atomic E-state index is 13.3. The van der Waals surface area contributed by atoms with Gasteiger partial charge in [-0.1, -0.05) is 32.0 Å². The van der Waals surface area contributed by atoms with Gasteiger partial charge in [-0.3, -0.25) is 0 Å². The number of esters is 1. The van der Waals surface area contributed by atoms with E-state index in [2.05, 4.69) is 13.8 Å². The minimum absolute atomic E-state index is 0.0567. The van der Waals surface area contributed by atoms with Gasteiger partial charge < -0.3 is 33.2 Å². The summed E-state index contributed by atoms with van der Waals surface area (Å²) in [6.07, 6.45) is 0.0611. The average molecular weight is 521 g/mol. The van der Waals surface area contributed by atoms with Crippen LogP contribution in [-0.4, -0.2) is 41.2 Å². The molecule has 8 nitrogen and oxygen atoms in total. The summed E-state index contributed by atoms with van der Waals surface area (Å²) in [5.74, 6) is 2.67. The van der Waals surface area contributed by atoms with Crippen molar-refractivity contribution in [3.8, 4) is 45.6 Å². The van der Waals surface area contributed by atoms with E-state index in [-0.39, 0.29) is 18.6 Å². The van der Waals surface area contributed by atoms with Gasteiger partial charge in [0, 0.05) is 22.6 Å². The Bertz CT molecular complexity index is 1350. The minimum atomic E-state index is -0.609. The highest BCUT2D eigenvalue weighted by atomic mass is 16.7. The van der Waals surface area contributed by atoms with Gasteiger partial charge in [-0.2, -0.15) is 0 Å². The fourth-order valence-electron chi connectivity index (χ4n) is 5.39. The van der Waals surface area contributed by atoms with E-state index in [4.69, 9.17) is 33.2 Å². The van der Waals surface area contributed by atoms with Gasteiger partial charge >= 0.3 is 5.97 Å². The van der Waals surface area contributed by atoms with Crippen LogP contribution in [0.2, 0.25) is 0 Å². The molecule has 0 radical (unpaired) electrons. The lowest BCUT2D eigenvalue weighted by Gasteiger charge is -2.35. The Morgan fingerprint density at radius 1 is 0.842 bits per heavy atom. The molecule has 2 aliphatic rings. The van der Waals surface area contributed by atoms with Crippen LogP contribution in [-0.2, 0) is 11.2 Å². The molecular formula is C30H32O8. The van der Waals surface area contributed by atoms with E-state index in [1.807, 2.05) is 30.3 Å². The summed E-state index contributed by atoms with van der Waals surface area (Å²) in [6, 6.07) is 12.9. The monoisotopic (exact) mass is 520 g/mol. The number of fused-ring (bicyclic) bond motifs is 4. The van der Waals surface area contributed by atoms with Gasteiger partial charge in [0.15, 0.2) is 23.0 Å². The molecule has 0 N–H and O–H groups in total. The summed E-state index contributed by atoms with van der Waals surface area (Å²) in [7, 11) is 6.35. The first kappa shape index (κ1) is 25.6. The van der Waals surface area contributed by atoms with Crippen molar-refractivity contribution in [2.75, 3.05) is 35.2 Å². The Kier molecular flexibility index (Phi) is 6.97. The molecule has 1 heterocycles. The van der Waals surface area contributed by atoms with E-state index >= 15 is 0 Å². The highest BCUT2D eigenvalue weighted by molar-refractivity contribution is 5.91. The Morgan fingerprint density at radius 3 is 2.21 bits per heavy atom. The second-order valence-electron chi connectivity index (χ2n) is 9.52. The quantitative estimate of drug-likeness (QED) is 0.375. The Balaban J connectivity index is 1.82. The van der Waals surface area contributed by atoms with E-state index in [0.29, 0.717) is 52.0 Å². The maximum Gasteiger partial charge on any atom is 0.338 e. The molecule has 1 aliphatic carbocycles. The largest absolute Gasteiger partial charge is 0.493 e. The van der Waals surface area contributed by atoms with Crippen LogP contribution >= 0.6 is 0 Å². The van der Waals surface area contributed by atoms with Crippen LogP contribution in [0.15, 0.2) is 42.5 Å². The Hall–Kier alpha value is -4.07. The highest BCUT2D eigenvalue weighted by Crippen LogP contribution is 2.58. The van der Waals surface area contributed by atoms with Crippen LogP contribution in [0.25, 0.3) is 11.1 Å². The molecule has 0 fully saturated rings. The minimum Gasteiger partial charge on any atom is -0.493 e. The van der Waals surface area contributed by atoms with E-state index in [0.717, 1.165) is 16.7 Å². The molecule has 3 atom stereocenters. The van der Waals surface area contributed by atoms with Crippen LogP contribution in [0.3, 0.4) is 0 Å². The number of methoxy groups -OCH3 is 4. The first-order valence-corrected chi connectivity index (χ1v) is 12.5. The number of carbonyl (C=O) groups excluding carboxylic acids is 1. The summed E-state index contributed by atoms with van der Waals surface area (Å²) in [5.41, 5.74) is 3.68. The van der Waals surface area contributed by atoms with Crippen molar-refractivity contribution in [1.82, 2.24) is 0 Å². The third-order valence-electron chi connectivity index (χ3n) is 7.48. The summed E-state index contributed by atoms with van der Waals surface area (Å²) in [4.78, 5) is 13.3. The molecule has 1 unspecified atom stereocenters. The van der Waals surface area contributed by atoms with Gasteiger partial charge in [-0.25, -0.2) is 4.79 Å². The second kappa shape index (κ2) is 10.4. The van der Waals surface area contributed by atoms with Crippen LogP contribution in [0.1, 0.15) is 41.4 Å². The molecule has 3 aromatic rings. The van der Waals surface area contributed by atoms with Gasteiger partial charge in [0.25, 0.3) is 0 Å². The summed E-state index contributed by atoms with van der Waals surface area (Å²) in [5, 5.41) is 0. The van der Waals surface area contributed by atoms with E-state index in [1.165, 1.54) is 0 Å². The smallest absolute Gasteiger partial charge is 0.338 e. The topological polar surface area (TPSA) is 81.7 Å². The molecule has 5 rings (SSSR count). The zero-order chi connectivity index (χ0) is 27.0. The van der Waals surface area contributed by atoms with Gasteiger partial charge in [0.2, 0.25) is 18.3 Å². The van der Waals surface area contributed by atoms with E-state index < -0.39 is 12.1 Å². The third kappa shape index (κ3) is 4.14. The molecule has 1 aliphatic heterocycles. The van der Waals surface area contributed by atoms with Crippen molar-refractivity contribution >= 4 is 5.97 Å². The summed E-state index contributed by atoms with van der Waals surface area (Å²) >= 11 is 0. The van der Waals surface area contributed by atoms with Gasteiger partial charge in [-0.15, -0.1) is 0 Å². The summed E-state index contributed by atoms with van der Waals surface area (Å²) in [6.45, 7) is 4.30. The lowest BCUT2D eigenvalue weighted by molar-refractivity contribution is 0.00701. The molecule has 3 aromatic carbocycles. The van der Waals surface area contributed by atoms with Crippen LogP contribution in [0.4, 0.5) is 0 Å². The number of hydrogen-bond donors (Lipinski definition) is 0. The molecule has 0 aromatic heterocycles. The fraction of sp³-hybridized carbons (Fsp3) is 0.367. The lowest BCUT2D eigenvalue weighted by atomic mass is 9.75. The molecule has 0 bridgehead atoms. The fourth-order valence-corrected chi connectivity index (χ4v) is 5.39. The van der Waals surface area contributed by atoms with Crippen molar-refractivity contribution in [2.45, 2.75) is 26.4 Å². The number of hydrogen-bond acceptors (Lipinski definition) is 8. The van der Waals surface area contributed by atoms with Crippen molar-refractivity contribution in [2.24, 2.45) is 11.8 Å². The molecule has 0 saturated carbocycles. The number of rotatable bonds is 6. The number of carbonyl (C=O) groups is 1. The predicted octanol–water partition coefficient (Wildman–Crippen LogP) is 5.84. The Labute approximate surface area is 222 Å². The average Bonchev–Trinajstić information content (AvgIpc) is 3.42. The SMILES string of the molecule is COc1cc2c(c(OC)c1OC)-c1c(cc3c(c1OC)OCO3)[C@H](OC(=O)c1ccccc1)[C@H](C)C(C)C2. The highest BCUT2D eigenvalue weighted by Gasteiger charge is 2.40. The normalized spacial score (nSPS) is 19.4. The van der Waals surface area contributed by atoms with Crippen molar-refractivity contribution in [3.05, 3.63) is 59.2 Å².